The number of likely N-dealkylation sites (N-methyl/N-ethyl adjacent to an activating group) is 1. The third-order valence-electron chi connectivity index (χ3n) is 2.90. The summed E-state index contributed by atoms with van der Waals surface area (Å²) in [6.45, 7) is 5.63. The summed E-state index contributed by atoms with van der Waals surface area (Å²) < 4.78 is 4.97. The predicted molar refractivity (Wildman–Crippen MR) is 74.9 cm³/mol. The number of aryl methyl sites for hydroxylation is 1. The SMILES string of the molecule is COCCN(C)CC(=O)N[C@@H](C)c1ccc(C)nc1. The average Bonchev–Trinajstić information content (AvgIpc) is 2.36. The summed E-state index contributed by atoms with van der Waals surface area (Å²) in [6, 6.07) is 3.90. The fourth-order valence-corrected chi connectivity index (χ4v) is 1.68. The van der Waals surface area contributed by atoms with Gasteiger partial charge in [-0.3, -0.25) is 14.7 Å². The largest absolute Gasteiger partial charge is 0.383 e. The number of carbonyl (C=O) groups is 1. The molecule has 1 aromatic rings. The van der Waals surface area contributed by atoms with E-state index in [1.165, 1.54) is 0 Å². The molecule has 1 amide bonds. The monoisotopic (exact) mass is 265 g/mol. The van der Waals surface area contributed by atoms with Gasteiger partial charge >= 0.3 is 0 Å². The molecule has 0 bridgehead atoms. The second-order valence-electron chi connectivity index (χ2n) is 4.75. The Labute approximate surface area is 115 Å². The first kappa shape index (κ1) is 15.6. The van der Waals surface area contributed by atoms with Gasteiger partial charge in [-0.05, 0) is 32.5 Å². The first-order valence-corrected chi connectivity index (χ1v) is 6.42. The molecular formula is C14H23N3O2. The number of hydrogen-bond donors (Lipinski definition) is 1. The molecule has 0 unspecified atom stereocenters. The molecule has 1 atom stereocenters. The molecule has 106 valence electrons. The molecule has 1 N–H and O–H groups in total. The van der Waals surface area contributed by atoms with Crippen LogP contribution >= 0.6 is 0 Å². The van der Waals surface area contributed by atoms with Crippen LogP contribution in [0.25, 0.3) is 0 Å². The van der Waals surface area contributed by atoms with Crippen LogP contribution in [0.15, 0.2) is 18.3 Å². The lowest BCUT2D eigenvalue weighted by atomic mass is 10.1. The predicted octanol–water partition coefficient (Wildman–Crippen LogP) is 1.15. The molecule has 19 heavy (non-hydrogen) atoms. The average molecular weight is 265 g/mol. The van der Waals surface area contributed by atoms with E-state index in [-0.39, 0.29) is 11.9 Å². The van der Waals surface area contributed by atoms with Gasteiger partial charge in [-0.25, -0.2) is 0 Å². The van der Waals surface area contributed by atoms with Crippen molar-refractivity contribution in [3.8, 4) is 0 Å². The van der Waals surface area contributed by atoms with Crippen molar-refractivity contribution >= 4 is 5.91 Å². The van der Waals surface area contributed by atoms with Crippen LogP contribution in [0.1, 0.15) is 24.2 Å². The Morgan fingerprint density at radius 3 is 2.84 bits per heavy atom. The van der Waals surface area contributed by atoms with E-state index in [0.29, 0.717) is 13.2 Å². The van der Waals surface area contributed by atoms with Gasteiger partial charge in [-0.1, -0.05) is 6.07 Å². The number of carbonyl (C=O) groups excluding carboxylic acids is 1. The Balaban J connectivity index is 2.41. The third-order valence-corrected chi connectivity index (χ3v) is 2.90. The molecule has 5 nitrogen and oxygen atoms in total. The number of amides is 1. The van der Waals surface area contributed by atoms with Crippen LogP contribution in [0.5, 0.6) is 0 Å². The van der Waals surface area contributed by atoms with Crippen molar-refractivity contribution in [2.24, 2.45) is 0 Å². The molecule has 0 saturated heterocycles. The molecular weight excluding hydrogens is 242 g/mol. The molecule has 0 aliphatic rings. The van der Waals surface area contributed by atoms with Gasteiger partial charge < -0.3 is 10.1 Å². The lowest BCUT2D eigenvalue weighted by Gasteiger charge is -2.18. The van der Waals surface area contributed by atoms with Gasteiger partial charge in [0.1, 0.15) is 0 Å². The second kappa shape index (κ2) is 7.86. The van der Waals surface area contributed by atoms with E-state index >= 15 is 0 Å². The summed E-state index contributed by atoms with van der Waals surface area (Å²) in [5, 5.41) is 2.96. The number of methoxy groups -OCH3 is 1. The third kappa shape index (κ3) is 5.81. The number of hydrogen-bond acceptors (Lipinski definition) is 4. The topological polar surface area (TPSA) is 54.5 Å². The first-order valence-electron chi connectivity index (χ1n) is 6.42. The Morgan fingerprint density at radius 2 is 2.26 bits per heavy atom. The van der Waals surface area contributed by atoms with Gasteiger partial charge in [0.15, 0.2) is 0 Å². The smallest absolute Gasteiger partial charge is 0.234 e. The summed E-state index contributed by atoms with van der Waals surface area (Å²) in [4.78, 5) is 18.0. The number of ether oxygens (including phenoxy) is 1. The van der Waals surface area contributed by atoms with Crippen LogP contribution in [0.3, 0.4) is 0 Å². The molecule has 0 spiro atoms. The summed E-state index contributed by atoms with van der Waals surface area (Å²) in [7, 11) is 3.55. The normalized spacial score (nSPS) is 12.5. The molecule has 1 heterocycles. The Morgan fingerprint density at radius 1 is 1.53 bits per heavy atom. The van der Waals surface area contributed by atoms with Gasteiger partial charge in [-0.2, -0.15) is 0 Å². The van der Waals surface area contributed by atoms with Gasteiger partial charge in [0, 0.05) is 25.5 Å². The maximum Gasteiger partial charge on any atom is 0.234 e. The van der Waals surface area contributed by atoms with Crippen LogP contribution < -0.4 is 5.32 Å². The zero-order chi connectivity index (χ0) is 14.3. The fraction of sp³-hybridized carbons (Fsp3) is 0.571. The van der Waals surface area contributed by atoms with Crippen LogP contribution in [-0.2, 0) is 9.53 Å². The van der Waals surface area contributed by atoms with Crippen molar-refractivity contribution in [2.75, 3.05) is 33.9 Å². The molecule has 0 saturated carbocycles. The van der Waals surface area contributed by atoms with E-state index in [2.05, 4.69) is 10.3 Å². The van der Waals surface area contributed by atoms with Gasteiger partial charge in [0.2, 0.25) is 5.91 Å². The zero-order valence-corrected chi connectivity index (χ0v) is 12.1. The van der Waals surface area contributed by atoms with Crippen molar-refractivity contribution in [3.63, 3.8) is 0 Å². The molecule has 0 fully saturated rings. The van der Waals surface area contributed by atoms with Crippen molar-refractivity contribution in [3.05, 3.63) is 29.6 Å². The molecule has 5 heteroatoms. The van der Waals surface area contributed by atoms with E-state index in [1.54, 1.807) is 13.3 Å². The van der Waals surface area contributed by atoms with Crippen LogP contribution in [0.4, 0.5) is 0 Å². The first-order chi connectivity index (χ1) is 9.02. The maximum atomic E-state index is 11.9. The molecule has 1 rings (SSSR count). The Hall–Kier alpha value is -1.46. The van der Waals surface area contributed by atoms with Crippen molar-refractivity contribution in [1.82, 2.24) is 15.2 Å². The van der Waals surface area contributed by atoms with Crippen molar-refractivity contribution in [2.45, 2.75) is 19.9 Å². The molecule has 0 radical (unpaired) electrons. The van der Waals surface area contributed by atoms with E-state index in [1.807, 2.05) is 37.9 Å². The van der Waals surface area contributed by atoms with E-state index in [9.17, 15) is 4.79 Å². The molecule has 0 aromatic carbocycles. The standard InChI is InChI=1S/C14H23N3O2/c1-11-5-6-13(9-15-11)12(2)16-14(18)10-17(3)7-8-19-4/h5-6,9,12H,7-8,10H2,1-4H3,(H,16,18)/t12-/m0/s1. The number of nitrogens with zero attached hydrogens (tertiary/aromatic N) is 2. The van der Waals surface area contributed by atoms with Gasteiger partial charge in [-0.15, -0.1) is 0 Å². The Kier molecular flexibility index (Phi) is 6.45. The lowest BCUT2D eigenvalue weighted by Crippen LogP contribution is -2.37. The zero-order valence-electron chi connectivity index (χ0n) is 12.1. The molecule has 1 aromatic heterocycles. The molecule has 0 aliphatic carbocycles. The highest BCUT2D eigenvalue weighted by Crippen LogP contribution is 2.10. The van der Waals surface area contributed by atoms with E-state index in [4.69, 9.17) is 4.74 Å². The lowest BCUT2D eigenvalue weighted by molar-refractivity contribution is -0.122. The summed E-state index contributed by atoms with van der Waals surface area (Å²) in [5.74, 6) is 0.00618. The summed E-state index contributed by atoms with van der Waals surface area (Å²) >= 11 is 0. The summed E-state index contributed by atoms with van der Waals surface area (Å²) in [6.07, 6.45) is 1.80. The highest BCUT2D eigenvalue weighted by atomic mass is 16.5. The van der Waals surface area contributed by atoms with Gasteiger partial charge in [0.25, 0.3) is 0 Å². The minimum Gasteiger partial charge on any atom is -0.383 e. The highest BCUT2D eigenvalue weighted by Gasteiger charge is 2.11. The van der Waals surface area contributed by atoms with Crippen molar-refractivity contribution < 1.29 is 9.53 Å². The Bertz CT molecular complexity index is 392. The fourth-order valence-electron chi connectivity index (χ4n) is 1.68. The van der Waals surface area contributed by atoms with E-state index in [0.717, 1.165) is 17.8 Å². The summed E-state index contributed by atoms with van der Waals surface area (Å²) in [5.41, 5.74) is 1.99. The minimum absolute atomic E-state index is 0.00618. The quantitative estimate of drug-likeness (QED) is 0.803. The highest BCUT2D eigenvalue weighted by molar-refractivity contribution is 5.78. The van der Waals surface area contributed by atoms with Crippen molar-refractivity contribution in [1.29, 1.82) is 0 Å². The maximum absolute atomic E-state index is 11.9. The van der Waals surface area contributed by atoms with Crippen LogP contribution in [0.2, 0.25) is 0 Å². The number of aromatic nitrogens is 1. The number of rotatable bonds is 7. The minimum atomic E-state index is -0.0311. The van der Waals surface area contributed by atoms with Crippen LogP contribution in [0, 0.1) is 6.92 Å². The second-order valence-corrected chi connectivity index (χ2v) is 4.75. The number of pyridine rings is 1. The molecule has 0 aliphatic heterocycles. The van der Waals surface area contributed by atoms with E-state index < -0.39 is 0 Å². The van der Waals surface area contributed by atoms with Gasteiger partial charge in [0.05, 0.1) is 19.2 Å². The van der Waals surface area contributed by atoms with Crippen LogP contribution in [-0.4, -0.2) is 49.6 Å². The number of nitrogens with one attached hydrogen (secondary N) is 1.